The summed E-state index contributed by atoms with van der Waals surface area (Å²) in [6.45, 7) is 14.6. The molecule has 2 aliphatic carbocycles. The summed E-state index contributed by atoms with van der Waals surface area (Å²) >= 11 is 0. The lowest BCUT2D eigenvalue weighted by molar-refractivity contribution is 0.267. The molecule has 2 aliphatic rings. The molecule has 2 unspecified atom stereocenters. The fourth-order valence-electron chi connectivity index (χ4n) is 8.14. The summed E-state index contributed by atoms with van der Waals surface area (Å²) in [5, 5.41) is 0. The largest absolute Gasteiger partial charge is 0.0654 e. The highest BCUT2D eigenvalue weighted by atomic mass is 14.5. The van der Waals surface area contributed by atoms with Gasteiger partial charge in [0.05, 0.1) is 0 Å². The fourth-order valence-corrected chi connectivity index (χ4v) is 8.14. The Kier molecular flexibility index (Phi) is 12.0. The molecule has 0 saturated heterocycles. The van der Waals surface area contributed by atoms with Crippen LogP contribution in [-0.4, -0.2) is 0 Å². The number of rotatable bonds is 18. The number of hydrogen-bond acceptors (Lipinski definition) is 0. The van der Waals surface area contributed by atoms with Gasteiger partial charge in [-0.2, -0.15) is 0 Å². The number of benzene rings is 2. The molecule has 0 amide bonds. The summed E-state index contributed by atoms with van der Waals surface area (Å²) in [5.41, 5.74) is 13.1. The Balaban J connectivity index is 1.76. The SMILES string of the molecule is CCCCCC1=Cc2c(CCCCC)cccc2C1C(C)(C)C1C(CCCCC)=Cc2c(CCCCC)cccc21. The molecule has 0 radical (unpaired) electrons. The third-order valence-corrected chi connectivity index (χ3v) is 10.2. The van der Waals surface area contributed by atoms with Crippen molar-refractivity contribution in [1.29, 1.82) is 0 Å². The molecule has 2 atom stereocenters. The minimum absolute atomic E-state index is 0.122. The van der Waals surface area contributed by atoms with Crippen LogP contribution in [0.4, 0.5) is 0 Å². The third-order valence-electron chi connectivity index (χ3n) is 10.2. The molecule has 0 aliphatic heterocycles. The van der Waals surface area contributed by atoms with E-state index in [0.29, 0.717) is 11.8 Å². The normalized spacial score (nSPS) is 17.9. The van der Waals surface area contributed by atoms with Gasteiger partial charge in [-0.25, -0.2) is 0 Å². The van der Waals surface area contributed by atoms with Crippen molar-refractivity contribution in [3.05, 3.63) is 80.9 Å². The first-order chi connectivity index (χ1) is 20.0. The summed E-state index contributed by atoms with van der Waals surface area (Å²) in [5.74, 6) is 0.990. The molecule has 0 aromatic heterocycles. The minimum Gasteiger partial charge on any atom is -0.0654 e. The molecule has 0 heteroatoms. The van der Waals surface area contributed by atoms with Crippen LogP contribution in [-0.2, 0) is 12.8 Å². The maximum atomic E-state index is 2.66. The lowest BCUT2D eigenvalue weighted by Gasteiger charge is -2.42. The highest BCUT2D eigenvalue weighted by molar-refractivity contribution is 5.73. The van der Waals surface area contributed by atoms with Gasteiger partial charge in [0.15, 0.2) is 0 Å². The summed E-state index contributed by atoms with van der Waals surface area (Å²) in [4.78, 5) is 0. The number of unbranched alkanes of at least 4 members (excludes halogenated alkanes) is 8. The van der Waals surface area contributed by atoms with Gasteiger partial charge in [0.1, 0.15) is 0 Å². The van der Waals surface area contributed by atoms with Crippen molar-refractivity contribution in [2.45, 2.75) is 156 Å². The van der Waals surface area contributed by atoms with Crippen LogP contribution in [0.15, 0.2) is 47.5 Å². The van der Waals surface area contributed by atoms with Crippen LogP contribution in [0, 0.1) is 5.41 Å². The van der Waals surface area contributed by atoms with Crippen molar-refractivity contribution >= 4 is 12.2 Å². The first-order valence-corrected chi connectivity index (χ1v) is 17.6. The van der Waals surface area contributed by atoms with Crippen molar-refractivity contribution < 1.29 is 0 Å². The zero-order valence-corrected chi connectivity index (χ0v) is 27.6. The minimum atomic E-state index is 0.122. The summed E-state index contributed by atoms with van der Waals surface area (Å²) < 4.78 is 0. The molecule has 4 rings (SSSR count). The molecule has 0 fully saturated rings. The number of hydrogen-bond donors (Lipinski definition) is 0. The fraction of sp³-hybridized carbons (Fsp3) is 0.610. The van der Waals surface area contributed by atoms with Gasteiger partial charge in [0, 0.05) is 11.8 Å². The van der Waals surface area contributed by atoms with Gasteiger partial charge in [-0.05, 0) is 90.2 Å². The number of allylic oxidation sites excluding steroid dienone is 2. The predicted molar refractivity (Wildman–Crippen MR) is 183 cm³/mol. The van der Waals surface area contributed by atoms with E-state index in [1.807, 2.05) is 0 Å². The smallest absolute Gasteiger partial charge is 0.0118 e. The second-order valence-electron chi connectivity index (χ2n) is 13.8. The summed E-state index contributed by atoms with van der Waals surface area (Å²) in [7, 11) is 0. The Hall–Kier alpha value is -2.08. The molecule has 0 N–H and O–H groups in total. The molecule has 224 valence electrons. The highest BCUT2D eigenvalue weighted by Crippen LogP contribution is 2.60. The van der Waals surface area contributed by atoms with Crippen LogP contribution in [0.1, 0.15) is 177 Å². The van der Waals surface area contributed by atoms with Gasteiger partial charge in [-0.15, -0.1) is 0 Å². The Morgan fingerprint density at radius 1 is 0.488 bits per heavy atom. The molecule has 41 heavy (non-hydrogen) atoms. The number of fused-ring (bicyclic) bond motifs is 2. The van der Waals surface area contributed by atoms with Crippen LogP contribution in [0.25, 0.3) is 12.2 Å². The van der Waals surface area contributed by atoms with Crippen molar-refractivity contribution in [3.8, 4) is 0 Å². The zero-order chi connectivity index (χ0) is 29.2. The molecule has 0 spiro atoms. The maximum Gasteiger partial charge on any atom is 0.0118 e. The third kappa shape index (κ3) is 7.29. The van der Waals surface area contributed by atoms with Gasteiger partial charge in [0.2, 0.25) is 0 Å². The Bertz CT molecular complexity index is 1080. The molecular weight excluding hydrogens is 492 g/mol. The van der Waals surface area contributed by atoms with E-state index in [-0.39, 0.29) is 5.41 Å². The lowest BCUT2D eigenvalue weighted by Crippen LogP contribution is -2.31. The quantitative estimate of drug-likeness (QED) is 0.161. The van der Waals surface area contributed by atoms with Crippen LogP contribution in [0.3, 0.4) is 0 Å². The second kappa shape index (κ2) is 15.4. The van der Waals surface area contributed by atoms with E-state index in [9.17, 15) is 0 Å². The van der Waals surface area contributed by atoms with E-state index in [2.05, 4.69) is 90.1 Å². The van der Waals surface area contributed by atoms with Gasteiger partial charge in [-0.3, -0.25) is 0 Å². The molecular formula is C41H60. The van der Waals surface area contributed by atoms with Crippen molar-refractivity contribution in [3.63, 3.8) is 0 Å². The van der Waals surface area contributed by atoms with Crippen molar-refractivity contribution in [2.24, 2.45) is 5.41 Å². The van der Waals surface area contributed by atoms with E-state index < -0.39 is 0 Å². The summed E-state index contributed by atoms with van der Waals surface area (Å²) in [6.07, 6.45) is 26.0. The van der Waals surface area contributed by atoms with Crippen LogP contribution in [0.5, 0.6) is 0 Å². The van der Waals surface area contributed by atoms with Crippen LogP contribution < -0.4 is 0 Å². The van der Waals surface area contributed by atoms with Crippen LogP contribution >= 0.6 is 0 Å². The van der Waals surface area contributed by atoms with E-state index in [1.54, 1.807) is 44.5 Å². The molecule has 2 aromatic carbocycles. The lowest BCUT2D eigenvalue weighted by atomic mass is 9.61. The molecule has 0 saturated carbocycles. The molecule has 0 heterocycles. The van der Waals surface area contributed by atoms with E-state index in [0.717, 1.165) is 0 Å². The molecule has 0 nitrogen and oxygen atoms in total. The monoisotopic (exact) mass is 552 g/mol. The van der Waals surface area contributed by atoms with E-state index >= 15 is 0 Å². The van der Waals surface area contributed by atoms with Gasteiger partial charge >= 0.3 is 0 Å². The van der Waals surface area contributed by atoms with Gasteiger partial charge in [0.25, 0.3) is 0 Å². The average molecular weight is 553 g/mol. The number of aryl methyl sites for hydroxylation is 2. The molecule has 2 aromatic rings. The van der Waals surface area contributed by atoms with Crippen molar-refractivity contribution in [1.82, 2.24) is 0 Å². The predicted octanol–water partition coefficient (Wildman–Crippen LogP) is 13.0. The Morgan fingerprint density at radius 2 is 0.854 bits per heavy atom. The van der Waals surface area contributed by atoms with Gasteiger partial charge in [-0.1, -0.05) is 153 Å². The maximum absolute atomic E-state index is 2.66. The topological polar surface area (TPSA) is 0 Å². The Labute approximate surface area is 254 Å². The second-order valence-corrected chi connectivity index (χ2v) is 13.8. The first kappa shape index (κ1) is 31.8. The average Bonchev–Trinajstić information content (AvgIpc) is 3.54. The molecule has 0 bridgehead atoms. The zero-order valence-electron chi connectivity index (χ0n) is 27.6. The van der Waals surface area contributed by atoms with Gasteiger partial charge < -0.3 is 0 Å². The standard InChI is InChI=1S/C41H60/c1-7-11-15-21-31-25-19-27-35-37(31)29-33(23-17-13-9-3)39(35)41(5,6)40-34(24-18-14-10-4)30-38-32(22-16-12-8-2)26-20-28-36(38)40/h19-20,25-30,39-40H,7-18,21-24H2,1-6H3. The van der Waals surface area contributed by atoms with Crippen molar-refractivity contribution in [2.75, 3.05) is 0 Å². The van der Waals surface area contributed by atoms with E-state index in [1.165, 1.54) is 103 Å². The summed E-state index contributed by atoms with van der Waals surface area (Å²) in [6, 6.07) is 14.6. The first-order valence-electron chi connectivity index (χ1n) is 17.6. The highest BCUT2D eigenvalue weighted by Gasteiger charge is 2.46. The van der Waals surface area contributed by atoms with Crippen LogP contribution in [0.2, 0.25) is 0 Å². The Morgan fingerprint density at radius 3 is 1.22 bits per heavy atom. The van der Waals surface area contributed by atoms with E-state index in [4.69, 9.17) is 0 Å².